The third kappa shape index (κ3) is 2.39. The van der Waals surface area contributed by atoms with Gasteiger partial charge in [-0.1, -0.05) is 23.7 Å². The lowest BCUT2D eigenvalue weighted by molar-refractivity contribution is 0.415. The molecule has 0 aliphatic carbocycles. The Morgan fingerprint density at radius 1 is 1.18 bits per heavy atom. The first-order valence-electron chi connectivity index (χ1n) is 5.27. The molecule has 2 rings (SSSR count). The molecule has 0 N–H and O–H groups in total. The van der Waals surface area contributed by atoms with E-state index >= 15 is 0 Å². The molecular weight excluding hydrogens is 236 g/mol. The largest absolute Gasteiger partial charge is 0.497 e. The summed E-state index contributed by atoms with van der Waals surface area (Å²) in [6, 6.07) is 7.61. The fourth-order valence-corrected chi connectivity index (χ4v) is 1.70. The lowest BCUT2D eigenvalue weighted by Crippen LogP contribution is -1.96. The first kappa shape index (κ1) is 11.9. The lowest BCUT2D eigenvalue weighted by Gasteiger charge is -2.07. The van der Waals surface area contributed by atoms with Gasteiger partial charge in [0.1, 0.15) is 10.9 Å². The summed E-state index contributed by atoms with van der Waals surface area (Å²) < 4.78 is 5.17. The molecular formula is C13H13ClN2O. The SMILES string of the molecule is COc1cccc(-c2nc(C)c(C)c(Cl)n2)c1. The van der Waals surface area contributed by atoms with E-state index in [1.807, 2.05) is 38.1 Å². The molecule has 0 unspecified atom stereocenters. The number of ether oxygens (including phenoxy) is 1. The topological polar surface area (TPSA) is 35.0 Å². The molecule has 2 aromatic rings. The predicted molar refractivity (Wildman–Crippen MR) is 68.5 cm³/mol. The maximum absolute atomic E-state index is 6.06. The van der Waals surface area contributed by atoms with Crippen LogP contribution in [0, 0.1) is 13.8 Å². The number of nitrogens with zero attached hydrogens (tertiary/aromatic N) is 2. The Balaban J connectivity index is 2.52. The van der Waals surface area contributed by atoms with Gasteiger partial charge in [0.2, 0.25) is 0 Å². The molecule has 0 amide bonds. The summed E-state index contributed by atoms with van der Waals surface area (Å²) in [6.45, 7) is 3.83. The Labute approximate surface area is 105 Å². The normalized spacial score (nSPS) is 10.4. The van der Waals surface area contributed by atoms with E-state index in [0.29, 0.717) is 11.0 Å². The molecule has 4 heteroatoms. The highest BCUT2D eigenvalue weighted by Gasteiger charge is 2.08. The zero-order valence-corrected chi connectivity index (χ0v) is 10.7. The third-order valence-electron chi connectivity index (χ3n) is 2.66. The molecule has 0 aliphatic heterocycles. The molecule has 0 bridgehead atoms. The van der Waals surface area contributed by atoms with E-state index in [4.69, 9.17) is 16.3 Å². The first-order chi connectivity index (χ1) is 8.11. The predicted octanol–water partition coefficient (Wildman–Crippen LogP) is 3.42. The summed E-state index contributed by atoms with van der Waals surface area (Å²) >= 11 is 6.06. The first-order valence-corrected chi connectivity index (χ1v) is 5.65. The summed E-state index contributed by atoms with van der Waals surface area (Å²) in [5.74, 6) is 1.40. The van der Waals surface area contributed by atoms with E-state index in [1.54, 1.807) is 7.11 Å². The zero-order chi connectivity index (χ0) is 12.4. The second-order valence-electron chi connectivity index (χ2n) is 3.78. The van der Waals surface area contributed by atoms with Crippen molar-refractivity contribution in [2.45, 2.75) is 13.8 Å². The zero-order valence-electron chi connectivity index (χ0n) is 9.99. The molecule has 0 aliphatic rings. The van der Waals surface area contributed by atoms with Gasteiger partial charge in [0.15, 0.2) is 5.82 Å². The molecule has 3 nitrogen and oxygen atoms in total. The second kappa shape index (κ2) is 4.72. The van der Waals surface area contributed by atoms with Crippen LogP contribution in [0.25, 0.3) is 11.4 Å². The molecule has 0 atom stereocenters. The minimum absolute atomic E-state index is 0.496. The highest BCUT2D eigenvalue weighted by atomic mass is 35.5. The average Bonchev–Trinajstić information content (AvgIpc) is 2.35. The van der Waals surface area contributed by atoms with Crippen LogP contribution in [0.2, 0.25) is 5.15 Å². The van der Waals surface area contributed by atoms with Crippen LogP contribution in [0.15, 0.2) is 24.3 Å². The van der Waals surface area contributed by atoms with Gasteiger partial charge in [0.25, 0.3) is 0 Å². The van der Waals surface area contributed by atoms with E-state index in [2.05, 4.69) is 9.97 Å². The maximum atomic E-state index is 6.06. The van der Waals surface area contributed by atoms with Gasteiger partial charge in [-0.25, -0.2) is 9.97 Å². The summed E-state index contributed by atoms with van der Waals surface area (Å²) in [6.07, 6.45) is 0. The number of hydrogen-bond acceptors (Lipinski definition) is 3. The van der Waals surface area contributed by atoms with Crippen LogP contribution in [0.5, 0.6) is 5.75 Å². The van der Waals surface area contributed by atoms with Crippen molar-refractivity contribution >= 4 is 11.6 Å². The molecule has 0 saturated carbocycles. The number of benzene rings is 1. The summed E-state index contributed by atoms with van der Waals surface area (Å²) in [5, 5.41) is 0.496. The lowest BCUT2D eigenvalue weighted by atomic mass is 10.2. The molecule has 0 saturated heterocycles. The van der Waals surface area contributed by atoms with Crippen molar-refractivity contribution in [3.05, 3.63) is 40.7 Å². The van der Waals surface area contributed by atoms with Gasteiger partial charge in [-0.3, -0.25) is 0 Å². The Morgan fingerprint density at radius 3 is 2.59 bits per heavy atom. The van der Waals surface area contributed by atoms with Crippen molar-refractivity contribution in [3.8, 4) is 17.1 Å². The smallest absolute Gasteiger partial charge is 0.161 e. The quantitative estimate of drug-likeness (QED) is 0.764. The molecule has 0 radical (unpaired) electrons. The minimum atomic E-state index is 0.496. The minimum Gasteiger partial charge on any atom is -0.497 e. The summed E-state index contributed by atoms with van der Waals surface area (Å²) in [7, 11) is 1.63. The Kier molecular flexibility index (Phi) is 3.29. The van der Waals surface area contributed by atoms with Crippen molar-refractivity contribution in [2.24, 2.45) is 0 Å². The van der Waals surface area contributed by atoms with Crippen LogP contribution in [-0.4, -0.2) is 17.1 Å². The number of rotatable bonds is 2. The van der Waals surface area contributed by atoms with E-state index in [-0.39, 0.29) is 0 Å². The van der Waals surface area contributed by atoms with Crippen LogP contribution in [0.3, 0.4) is 0 Å². The fraction of sp³-hybridized carbons (Fsp3) is 0.231. The van der Waals surface area contributed by atoms with Gasteiger partial charge in [0, 0.05) is 16.8 Å². The number of halogens is 1. The van der Waals surface area contributed by atoms with Crippen molar-refractivity contribution in [1.29, 1.82) is 0 Å². The van der Waals surface area contributed by atoms with E-state index in [9.17, 15) is 0 Å². The molecule has 1 aromatic carbocycles. The van der Waals surface area contributed by atoms with Gasteiger partial charge < -0.3 is 4.74 Å². The van der Waals surface area contributed by atoms with Gasteiger partial charge in [-0.2, -0.15) is 0 Å². The Hall–Kier alpha value is -1.61. The van der Waals surface area contributed by atoms with Crippen molar-refractivity contribution < 1.29 is 4.74 Å². The van der Waals surface area contributed by atoms with Gasteiger partial charge >= 0.3 is 0 Å². The molecule has 1 heterocycles. The van der Waals surface area contributed by atoms with Crippen molar-refractivity contribution in [2.75, 3.05) is 7.11 Å². The number of aryl methyl sites for hydroxylation is 1. The highest BCUT2D eigenvalue weighted by molar-refractivity contribution is 6.30. The molecule has 0 spiro atoms. The monoisotopic (exact) mass is 248 g/mol. The maximum Gasteiger partial charge on any atom is 0.161 e. The molecule has 17 heavy (non-hydrogen) atoms. The second-order valence-corrected chi connectivity index (χ2v) is 4.14. The number of aromatic nitrogens is 2. The van der Waals surface area contributed by atoms with Crippen LogP contribution in [-0.2, 0) is 0 Å². The van der Waals surface area contributed by atoms with Gasteiger partial charge in [-0.15, -0.1) is 0 Å². The summed E-state index contributed by atoms with van der Waals surface area (Å²) in [5.41, 5.74) is 2.70. The Morgan fingerprint density at radius 2 is 1.94 bits per heavy atom. The van der Waals surface area contributed by atoms with E-state index in [0.717, 1.165) is 22.6 Å². The standard InChI is InChI=1S/C13H13ClN2O/c1-8-9(2)15-13(16-12(8)14)10-5-4-6-11(7-10)17-3/h4-7H,1-3H3. The van der Waals surface area contributed by atoms with E-state index < -0.39 is 0 Å². The van der Waals surface area contributed by atoms with Crippen LogP contribution >= 0.6 is 11.6 Å². The van der Waals surface area contributed by atoms with Crippen molar-refractivity contribution in [1.82, 2.24) is 9.97 Å². The number of methoxy groups -OCH3 is 1. The third-order valence-corrected chi connectivity index (χ3v) is 3.03. The van der Waals surface area contributed by atoms with E-state index in [1.165, 1.54) is 0 Å². The van der Waals surface area contributed by atoms with Gasteiger partial charge in [0.05, 0.1) is 7.11 Å². The summed E-state index contributed by atoms with van der Waals surface area (Å²) in [4.78, 5) is 8.71. The molecule has 88 valence electrons. The average molecular weight is 249 g/mol. The molecule has 1 aromatic heterocycles. The fourth-order valence-electron chi connectivity index (χ4n) is 1.49. The molecule has 0 fully saturated rings. The van der Waals surface area contributed by atoms with Gasteiger partial charge in [-0.05, 0) is 26.0 Å². The highest BCUT2D eigenvalue weighted by Crippen LogP contribution is 2.24. The van der Waals surface area contributed by atoms with Crippen molar-refractivity contribution in [3.63, 3.8) is 0 Å². The number of hydrogen-bond donors (Lipinski definition) is 0. The van der Waals surface area contributed by atoms with Crippen LogP contribution in [0.4, 0.5) is 0 Å². The van der Waals surface area contributed by atoms with Crippen LogP contribution < -0.4 is 4.74 Å². The Bertz CT molecular complexity index is 532. The van der Waals surface area contributed by atoms with Crippen LogP contribution in [0.1, 0.15) is 11.3 Å².